The van der Waals surface area contributed by atoms with E-state index in [0.717, 1.165) is 60.6 Å². The van der Waals surface area contributed by atoms with Gasteiger partial charge in [-0.05, 0) is 140 Å². The maximum Gasteiger partial charge on any atom is 0.312 e. The van der Waals surface area contributed by atoms with Crippen molar-refractivity contribution in [2.24, 2.45) is 56.7 Å². The molecule has 5 aliphatic rings. The minimum atomic E-state index is -0.379. The van der Waals surface area contributed by atoms with Gasteiger partial charge < -0.3 is 4.74 Å². The summed E-state index contributed by atoms with van der Waals surface area (Å²) in [7, 11) is 1.59. The number of Topliss-reactive ketones (excluding diaryl/α,β-unsaturated/α-hetero) is 1. The minimum absolute atomic E-state index is 0.0245. The van der Waals surface area contributed by atoms with E-state index >= 15 is 0 Å². The highest BCUT2D eigenvalue weighted by atomic mass is 79.9. The van der Waals surface area contributed by atoms with E-state index in [-0.39, 0.29) is 33.0 Å². The van der Waals surface area contributed by atoms with Gasteiger partial charge in [-0.15, -0.1) is 0 Å². The summed E-state index contributed by atoms with van der Waals surface area (Å²) < 4.78 is 6.60. The molecule has 0 amide bonds. The molecule has 0 saturated heterocycles. The second-order valence-electron chi connectivity index (χ2n) is 16.3. The minimum Gasteiger partial charge on any atom is -0.469 e. The van der Waals surface area contributed by atoms with Crippen molar-refractivity contribution in [2.45, 2.75) is 99.3 Å². The number of ketones is 1. The molecule has 3 nitrogen and oxygen atoms in total. The van der Waals surface area contributed by atoms with Crippen molar-refractivity contribution in [1.29, 1.82) is 0 Å². The lowest BCUT2D eigenvalue weighted by Gasteiger charge is -2.72. The highest BCUT2D eigenvalue weighted by Gasteiger charge is 2.72. The van der Waals surface area contributed by atoms with Gasteiger partial charge in [0.15, 0.2) is 5.78 Å². The number of esters is 1. The van der Waals surface area contributed by atoms with Crippen molar-refractivity contribution < 1.29 is 14.3 Å². The van der Waals surface area contributed by atoms with Crippen LogP contribution in [0.1, 0.15) is 105 Å². The SMILES string of the molecule is C=C(C)[C@@H]1CC[C@]2(C(=O)OC)CC[C@]3(C)[C@H](CC[C@@H]4[C@@]5(C)CC(=Cc6ccc(Br)cc6)C(=O)C(C)(C)C5CC[C@]43C)C12. The first-order chi connectivity index (χ1) is 19.7. The molecule has 0 radical (unpaired) electrons. The van der Waals surface area contributed by atoms with Gasteiger partial charge in [0.1, 0.15) is 0 Å². The highest BCUT2D eigenvalue weighted by molar-refractivity contribution is 9.10. The molecule has 2 unspecified atom stereocenters. The molecule has 0 heterocycles. The molecule has 5 saturated carbocycles. The first-order valence-corrected chi connectivity index (χ1v) is 17.2. The topological polar surface area (TPSA) is 43.4 Å². The number of hydrogen-bond acceptors (Lipinski definition) is 3. The van der Waals surface area contributed by atoms with Crippen molar-refractivity contribution in [1.82, 2.24) is 0 Å². The molecule has 0 aromatic heterocycles. The second-order valence-corrected chi connectivity index (χ2v) is 17.2. The molecule has 0 bridgehead atoms. The first kappa shape index (κ1) is 30.4. The number of methoxy groups -OCH3 is 1. The van der Waals surface area contributed by atoms with E-state index in [1.807, 2.05) is 0 Å². The van der Waals surface area contributed by atoms with E-state index in [2.05, 4.69) is 94.4 Å². The fourth-order valence-electron chi connectivity index (χ4n) is 12.4. The summed E-state index contributed by atoms with van der Waals surface area (Å²) in [6, 6.07) is 8.35. The lowest BCUT2D eigenvalue weighted by molar-refractivity contribution is -0.232. The zero-order chi connectivity index (χ0) is 30.5. The zero-order valence-corrected chi connectivity index (χ0v) is 28.5. The molecule has 1 aromatic rings. The Hall–Kier alpha value is -1.68. The van der Waals surface area contributed by atoms with Crippen LogP contribution in [-0.4, -0.2) is 18.9 Å². The van der Waals surface area contributed by atoms with Gasteiger partial charge in [0.25, 0.3) is 0 Å². The van der Waals surface area contributed by atoms with Crippen LogP contribution < -0.4 is 0 Å². The highest BCUT2D eigenvalue weighted by Crippen LogP contribution is 2.77. The van der Waals surface area contributed by atoms with Crippen LogP contribution in [0, 0.1) is 56.7 Å². The number of carbonyl (C=O) groups excluding carboxylic acids is 2. The molecule has 9 atom stereocenters. The number of carbonyl (C=O) groups is 2. The van der Waals surface area contributed by atoms with Crippen molar-refractivity contribution in [3.63, 3.8) is 0 Å². The maximum atomic E-state index is 14.1. The van der Waals surface area contributed by atoms with Crippen LogP contribution in [0.15, 0.2) is 46.5 Å². The number of hydrogen-bond donors (Lipinski definition) is 0. The number of allylic oxidation sites excluding steroid dienone is 2. The van der Waals surface area contributed by atoms with Crippen LogP contribution in [-0.2, 0) is 14.3 Å². The molecule has 0 aliphatic heterocycles. The van der Waals surface area contributed by atoms with Crippen LogP contribution >= 0.6 is 15.9 Å². The summed E-state index contributed by atoms with van der Waals surface area (Å²) in [6.07, 6.45) is 11.7. The van der Waals surface area contributed by atoms with E-state index in [9.17, 15) is 9.59 Å². The molecule has 6 rings (SSSR count). The monoisotopic (exact) mass is 634 g/mol. The molecule has 5 aliphatic carbocycles. The number of fused-ring (bicyclic) bond motifs is 7. The normalized spacial score (nSPS) is 44.9. The van der Waals surface area contributed by atoms with Crippen LogP contribution in [0.2, 0.25) is 0 Å². The quantitative estimate of drug-likeness (QED) is 0.189. The number of halogens is 1. The Morgan fingerprint density at radius 1 is 0.929 bits per heavy atom. The van der Waals surface area contributed by atoms with Crippen molar-refractivity contribution in [2.75, 3.05) is 7.11 Å². The first-order valence-electron chi connectivity index (χ1n) is 16.4. The largest absolute Gasteiger partial charge is 0.469 e. The molecule has 4 heteroatoms. The molecule has 42 heavy (non-hydrogen) atoms. The predicted molar refractivity (Wildman–Crippen MR) is 173 cm³/mol. The van der Waals surface area contributed by atoms with E-state index in [4.69, 9.17) is 4.74 Å². The third-order valence-corrected chi connectivity index (χ3v) is 15.0. The molecule has 0 spiro atoms. The summed E-state index contributed by atoms with van der Waals surface area (Å²) in [6.45, 7) is 18.8. The molecular weight excluding hydrogens is 584 g/mol. The van der Waals surface area contributed by atoms with Gasteiger partial charge in [-0.1, -0.05) is 74.8 Å². The summed E-state index contributed by atoms with van der Waals surface area (Å²) in [5.41, 5.74) is 2.98. The van der Waals surface area contributed by atoms with Gasteiger partial charge in [-0.3, -0.25) is 9.59 Å². The van der Waals surface area contributed by atoms with Crippen LogP contribution in [0.4, 0.5) is 0 Å². The summed E-state index contributed by atoms with van der Waals surface area (Å²) in [4.78, 5) is 27.6. The summed E-state index contributed by atoms with van der Waals surface area (Å²) in [5, 5.41) is 0. The van der Waals surface area contributed by atoms with Crippen LogP contribution in [0.5, 0.6) is 0 Å². The lowest BCUT2D eigenvalue weighted by atomic mass is 9.32. The predicted octanol–water partition coefficient (Wildman–Crippen LogP) is 9.84. The fourth-order valence-corrected chi connectivity index (χ4v) is 12.7. The Morgan fingerprint density at radius 3 is 2.26 bits per heavy atom. The molecule has 1 aromatic carbocycles. The average molecular weight is 636 g/mol. The van der Waals surface area contributed by atoms with Crippen molar-refractivity contribution in [3.8, 4) is 0 Å². The van der Waals surface area contributed by atoms with Gasteiger partial charge in [-0.2, -0.15) is 0 Å². The van der Waals surface area contributed by atoms with E-state index < -0.39 is 0 Å². The Bertz CT molecular complexity index is 1340. The van der Waals surface area contributed by atoms with E-state index in [1.165, 1.54) is 18.4 Å². The Balaban J connectivity index is 1.41. The number of benzene rings is 1. The van der Waals surface area contributed by atoms with Crippen LogP contribution in [0.25, 0.3) is 6.08 Å². The van der Waals surface area contributed by atoms with Crippen LogP contribution in [0.3, 0.4) is 0 Å². The zero-order valence-electron chi connectivity index (χ0n) is 26.9. The van der Waals surface area contributed by atoms with E-state index in [0.29, 0.717) is 35.4 Å². The van der Waals surface area contributed by atoms with Crippen molar-refractivity contribution >= 4 is 33.8 Å². The molecule has 228 valence electrons. The number of rotatable bonds is 3. The third kappa shape index (κ3) is 3.94. The Kier molecular flexibility index (Phi) is 7.16. The maximum absolute atomic E-state index is 14.1. The lowest BCUT2D eigenvalue weighted by Crippen LogP contribution is -2.67. The standard InChI is InChI=1S/C38H51BrO3/c1-23(2)27-15-18-38(33(41)42-8)20-19-36(6)28(31(27)38)13-14-30-35(5)22-25(21-24-9-11-26(39)12-10-24)32(40)34(3,4)29(35)16-17-37(30,36)7/h9-12,21,27-31H,1,13-20,22H2,2-8H3/t27-,28+,29?,30+,31?,35-,36+,37+,38-/m0/s1. The van der Waals surface area contributed by atoms with Crippen molar-refractivity contribution in [3.05, 3.63) is 52.0 Å². The van der Waals surface area contributed by atoms with Gasteiger partial charge in [0.2, 0.25) is 0 Å². The van der Waals surface area contributed by atoms with Gasteiger partial charge in [0.05, 0.1) is 12.5 Å². The second kappa shape index (κ2) is 9.91. The average Bonchev–Trinajstić information content (AvgIpc) is 3.34. The molecular formula is C38H51BrO3. The smallest absolute Gasteiger partial charge is 0.312 e. The van der Waals surface area contributed by atoms with E-state index in [1.54, 1.807) is 7.11 Å². The Labute approximate surface area is 262 Å². The molecule has 0 N–H and O–H groups in total. The summed E-state index contributed by atoms with van der Waals surface area (Å²) >= 11 is 3.56. The fraction of sp³-hybridized carbons (Fsp3) is 0.684. The third-order valence-electron chi connectivity index (χ3n) is 14.5. The van der Waals surface area contributed by atoms with Gasteiger partial charge >= 0.3 is 5.97 Å². The number of ether oxygens (including phenoxy) is 1. The Morgan fingerprint density at radius 2 is 1.62 bits per heavy atom. The van der Waals surface area contributed by atoms with Gasteiger partial charge in [-0.25, -0.2) is 0 Å². The molecule has 5 fully saturated rings. The van der Waals surface area contributed by atoms with Gasteiger partial charge in [0, 0.05) is 9.89 Å². The summed E-state index contributed by atoms with van der Waals surface area (Å²) in [5.74, 6) is 2.50.